The van der Waals surface area contributed by atoms with Gasteiger partial charge in [-0.1, -0.05) is 42.2 Å². The predicted molar refractivity (Wildman–Crippen MR) is 103 cm³/mol. The third-order valence-corrected chi connectivity index (χ3v) is 5.07. The number of para-hydroxylation sites is 1. The molecule has 0 fully saturated rings. The zero-order valence-corrected chi connectivity index (χ0v) is 14.4. The average molecular weight is 345 g/mol. The Morgan fingerprint density at radius 2 is 1.92 bits per heavy atom. The van der Waals surface area contributed by atoms with Crippen LogP contribution >= 0.6 is 11.3 Å². The van der Waals surface area contributed by atoms with Crippen molar-refractivity contribution in [1.29, 1.82) is 0 Å². The van der Waals surface area contributed by atoms with Crippen LogP contribution in [0.15, 0.2) is 73.8 Å². The minimum atomic E-state index is 0.801. The molecule has 0 aliphatic heterocycles. The van der Waals surface area contributed by atoms with Crippen molar-refractivity contribution in [1.82, 2.24) is 14.8 Å². The van der Waals surface area contributed by atoms with Crippen molar-refractivity contribution in [3.8, 4) is 5.69 Å². The van der Waals surface area contributed by atoms with E-state index < -0.39 is 0 Å². The second-order valence-corrected chi connectivity index (χ2v) is 6.63. The molecular weight excluding hydrogens is 328 g/mol. The van der Waals surface area contributed by atoms with Gasteiger partial charge in [-0.2, -0.15) is 9.67 Å². The summed E-state index contributed by atoms with van der Waals surface area (Å²) in [6.45, 7) is 4.68. The van der Waals surface area contributed by atoms with Crippen molar-refractivity contribution >= 4 is 33.7 Å². The Hall–Kier alpha value is -3.05. The fourth-order valence-corrected chi connectivity index (χ4v) is 3.82. The highest BCUT2D eigenvalue weighted by Crippen LogP contribution is 2.22. The maximum atomic E-state index is 4.14. The van der Waals surface area contributed by atoms with E-state index in [1.807, 2.05) is 18.2 Å². The topological polar surface area (TPSA) is 34.6 Å². The zero-order valence-electron chi connectivity index (χ0n) is 13.6. The second-order valence-electron chi connectivity index (χ2n) is 5.57. The summed E-state index contributed by atoms with van der Waals surface area (Å²) in [5, 5.41) is 5.35. The lowest BCUT2D eigenvalue weighted by Gasteiger charge is -2.00. The summed E-state index contributed by atoms with van der Waals surface area (Å²) >= 11 is 1.79. The Morgan fingerprint density at radius 1 is 1.08 bits per heavy atom. The highest BCUT2D eigenvalue weighted by atomic mass is 32.1. The third-order valence-electron chi connectivity index (χ3n) is 3.94. The standard InChI is InChI=1S/C20H17N4S/c1-2-13-23-18-5-3-4-6-19(18)25-20(23)12-9-16-7-10-17(11-8-16)24-15-21-14-22-24/h2-12,14-15H,1,13H2/q+1. The molecule has 0 saturated heterocycles. The molecule has 25 heavy (non-hydrogen) atoms. The number of allylic oxidation sites excluding steroid dienone is 1. The third kappa shape index (κ3) is 3.14. The number of thiazole rings is 1. The van der Waals surface area contributed by atoms with Gasteiger partial charge >= 0.3 is 0 Å². The molecule has 2 heterocycles. The summed E-state index contributed by atoms with van der Waals surface area (Å²) in [6, 6.07) is 16.7. The molecule has 0 N–H and O–H groups in total. The molecule has 0 bridgehead atoms. The van der Waals surface area contributed by atoms with Gasteiger partial charge in [-0.15, -0.1) is 0 Å². The van der Waals surface area contributed by atoms with Crippen LogP contribution in [-0.4, -0.2) is 14.8 Å². The Kier molecular flexibility index (Phi) is 4.23. The fraction of sp³-hybridized carbons (Fsp3) is 0.0500. The number of nitrogens with zero attached hydrogens (tertiary/aromatic N) is 4. The van der Waals surface area contributed by atoms with Crippen LogP contribution in [0.1, 0.15) is 10.6 Å². The van der Waals surface area contributed by atoms with Gasteiger partial charge in [0.2, 0.25) is 5.52 Å². The van der Waals surface area contributed by atoms with Gasteiger partial charge in [0.15, 0.2) is 6.54 Å². The molecule has 0 spiro atoms. The van der Waals surface area contributed by atoms with E-state index in [-0.39, 0.29) is 0 Å². The quantitative estimate of drug-likeness (QED) is 0.403. The number of hydrogen-bond acceptors (Lipinski definition) is 3. The number of aromatic nitrogens is 4. The van der Waals surface area contributed by atoms with Gasteiger partial charge in [-0.05, 0) is 35.9 Å². The Balaban J connectivity index is 1.64. The van der Waals surface area contributed by atoms with E-state index in [1.165, 1.54) is 21.6 Å². The lowest BCUT2D eigenvalue weighted by atomic mass is 10.2. The summed E-state index contributed by atoms with van der Waals surface area (Å²) in [6.07, 6.45) is 9.46. The van der Waals surface area contributed by atoms with Crippen LogP contribution in [0.4, 0.5) is 0 Å². The van der Waals surface area contributed by atoms with Crippen LogP contribution in [0.2, 0.25) is 0 Å². The fourth-order valence-electron chi connectivity index (χ4n) is 2.74. The monoisotopic (exact) mass is 345 g/mol. The largest absolute Gasteiger partial charge is 0.263 e. The van der Waals surface area contributed by atoms with Crippen LogP contribution in [0.5, 0.6) is 0 Å². The Labute approximate surface area is 150 Å². The maximum Gasteiger partial charge on any atom is 0.263 e. The number of benzene rings is 2. The molecule has 0 aliphatic rings. The van der Waals surface area contributed by atoms with Crippen LogP contribution < -0.4 is 4.57 Å². The first-order valence-corrected chi connectivity index (χ1v) is 8.82. The van der Waals surface area contributed by atoms with Gasteiger partial charge in [-0.3, -0.25) is 0 Å². The van der Waals surface area contributed by atoms with E-state index in [4.69, 9.17) is 0 Å². The van der Waals surface area contributed by atoms with Crippen LogP contribution in [-0.2, 0) is 6.54 Å². The minimum absolute atomic E-state index is 0.801. The predicted octanol–water partition coefficient (Wildman–Crippen LogP) is 4.13. The SMILES string of the molecule is C=CC[n+]1c(/C=C/c2ccc(-n3cncn3)cc2)sc2ccccc21. The van der Waals surface area contributed by atoms with Crippen molar-refractivity contribution in [2.45, 2.75) is 6.54 Å². The van der Waals surface area contributed by atoms with Crippen LogP contribution in [0, 0.1) is 0 Å². The lowest BCUT2D eigenvalue weighted by Crippen LogP contribution is -2.33. The minimum Gasteiger partial charge on any atom is -0.223 e. The molecule has 4 nitrogen and oxygen atoms in total. The van der Waals surface area contributed by atoms with Crippen LogP contribution in [0.25, 0.3) is 28.1 Å². The number of hydrogen-bond donors (Lipinski definition) is 0. The molecule has 0 saturated carbocycles. The van der Waals surface area contributed by atoms with E-state index in [2.05, 4.69) is 69.8 Å². The molecule has 5 heteroatoms. The van der Waals surface area contributed by atoms with E-state index in [0.29, 0.717) is 0 Å². The molecule has 122 valence electrons. The van der Waals surface area contributed by atoms with Gasteiger partial charge in [0.25, 0.3) is 5.01 Å². The van der Waals surface area contributed by atoms with E-state index in [0.717, 1.165) is 17.8 Å². The summed E-state index contributed by atoms with van der Waals surface area (Å²) in [4.78, 5) is 3.97. The average Bonchev–Trinajstić information content (AvgIpc) is 3.30. The number of rotatable bonds is 5. The summed E-state index contributed by atoms with van der Waals surface area (Å²) in [5.74, 6) is 0. The smallest absolute Gasteiger partial charge is 0.223 e. The first-order chi connectivity index (χ1) is 12.3. The van der Waals surface area contributed by atoms with E-state index in [1.54, 1.807) is 22.3 Å². The normalized spacial score (nSPS) is 11.4. The number of fused-ring (bicyclic) bond motifs is 1. The molecule has 2 aromatic heterocycles. The zero-order chi connectivity index (χ0) is 17.1. The van der Waals surface area contributed by atoms with Crippen LogP contribution in [0.3, 0.4) is 0 Å². The highest BCUT2D eigenvalue weighted by Gasteiger charge is 2.16. The van der Waals surface area contributed by atoms with Crippen molar-refractivity contribution in [3.63, 3.8) is 0 Å². The second kappa shape index (κ2) is 6.83. The first-order valence-electron chi connectivity index (χ1n) is 8.00. The molecule has 0 aliphatic carbocycles. The molecule has 0 amide bonds. The molecule has 0 unspecified atom stereocenters. The molecule has 0 radical (unpaired) electrons. The molecule has 4 rings (SSSR count). The van der Waals surface area contributed by atoms with Crippen molar-refractivity contribution in [2.75, 3.05) is 0 Å². The Morgan fingerprint density at radius 3 is 2.68 bits per heavy atom. The molecule has 0 atom stereocenters. The van der Waals surface area contributed by atoms with Gasteiger partial charge in [0, 0.05) is 12.1 Å². The highest BCUT2D eigenvalue weighted by molar-refractivity contribution is 7.18. The van der Waals surface area contributed by atoms with Gasteiger partial charge in [-0.25, -0.2) is 9.67 Å². The lowest BCUT2D eigenvalue weighted by molar-refractivity contribution is -0.658. The van der Waals surface area contributed by atoms with Crippen molar-refractivity contribution in [2.24, 2.45) is 0 Å². The van der Waals surface area contributed by atoms with Gasteiger partial charge < -0.3 is 0 Å². The summed E-state index contributed by atoms with van der Waals surface area (Å²) < 4.78 is 5.32. The summed E-state index contributed by atoms with van der Waals surface area (Å²) in [5.41, 5.74) is 3.39. The molecule has 4 aromatic rings. The van der Waals surface area contributed by atoms with E-state index >= 15 is 0 Å². The summed E-state index contributed by atoms with van der Waals surface area (Å²) in [7, 11) is 0. The van der Waals surface area contributed by atoms with Crippen molar-refractivity contribution < 1.29 is 4.57 Å². The van der Waals surface area contributed by atoms with Crippen molar-refractivity contribution in [3.05, 3.63) is 84.4 Å². The van der Waals surface area contributed by atoms with Gasteiger partial charge in [0.05, 0.1) is 5.69 Å². The maximum absolute atomic E-state index is 4.14. The molecular formula is C20H17N4S+. The Bertz CT molecular complexity index is 1030. The van der Waals surface area contributed by atoms with E-state index in [9.17, 15) is 0 Å². The molecule has 2 aromatic carbocycles. The first kappa shape index (κ1) is 15.5. The van der Waals surface area contributed by atoms with Gasteiger partial charge in [0.1, 0.15) is 17.4 Å².